The fourth-order valence-corrected chi connectivity index (χ4v) is 4.04. The molecule has 1 aliphatic heterocycles. The Labute approximate surface area is 177 Å². The number of nitrogens with one attached hydrogen (secondary N) is 2. The number of nitrogens with zero attached hydrogens (tertiary/aromatic N) is 2. The zero-order valence-electron chi connectivity index (χ0n) is 16.5. The number of likely N-dealkylation sites (tertiary alicyclic amines) is 1. The van der Waals surface area contributed by atoms with Crippen LogP contribution >= 0.6 is 15.9 Å². The molecule has 2 amide bonds. The van der Waals surface area contributed by atoms with Crippen LogP contribution in [0.1, 0.15) is 57.9 Å². The molecule has 150 valence electrons. The van der Waals surface area contributed by atoms with Crippen molar-refractivity contribution >= 4 is 38.8 Å². The molecule has 0 bridgehead atoms. The zero-order valence-corrected chi connectivity index (χ0v) is 18.0. The lowest BCUT2D eigenvalue weighted by Crippen LogP contribution is -2.29. The normalized spacial score (nSPS) is 14.9. The van der Waals surface area contributed by atoms with Crippen LogP contribution in [0.15, 0.2) is 40.9 Å². The Hall–Kier alpha value is -2.67. The Morgan fingerprint density at radius 1 is 1.17 bits per heavy atom. The van der Waals surface area contributed by atoms with Crippen molar-refractivity contribution in [3.8, 4) is 0 Å². The third-order valence-corrected chi connectivity index (χ3v) is 5.83. The van der Waals surface area contributed by atoms with Crippen molar-refractivity contribution in [3.05, 3.63) is 63.4 Å². The number of carbonyl (C=O) groups is 2. The van der Waals surface area contributed by atoms with Gasteiger partial charge in [-0.2, -0.15) is 0 Å². The Morgan fingerprint density at radius 2 is 1.93 bits per heavy atom. The summed E-state index contributed by atoms with van der Waals surface area (Å²) in [7, 11) is 0. The van der Waals surface area contributed by atoms with Crippen LogP contribution in [-0.4, -0.2) is 39.8 Å². The number of imidazole rings is 1. The molecule has 1 atom stereocenters. The minimum atomic E-state index is -0.278. The van der Waals surface area contributed by atoms with Crippen molar-refractivity contribution in [2.45, 2.75) is 32.7 Å². The number of hydrogen-bond donors (Lipinski definition) is 2. The smallest absolute Gasteiger partial charge is 0.254 e. The van der Waals surface area contributed by atoms with Crippen molar-refractivity contribution < 1.29 is 9.59 Å². The van der Waals surface area contributed by atoms with Crippen LogP contribution in [0.25, 0.3) is 11.0 Å². The van der Waals surface area contributed by atoms with E-state index in [4.69, 9.17) is 0 Å². The van der Waals surface area contributed by atoms with E-state index in [-0.39, 0.29) is 17.9 Å². The van der Waals surface area contributed by atoms with Gasteiger partial charge in [0.05, 0.1) is 17.1 Å². The largest absolute Gasteiger partial charge is 0.342 e. The number of carbonyl (C=O) groups excluding carboxylic acids is 2. The van der Waals surface area contributed by atoms with E-state index in [1.54, 1.807) is 18.2 Å². The molecule has 0 spiro atoms. The van der Waals surface area contributed by atoms with Crippen LogP contribution in [0, 0.1) is 6.92 Å². The number of fused-ring (bicyclic) bond motifs is 1. The van der Waals surface area contributed by atoms with Gasteiger partial charge in [-0.05, 0) is 68.7 Å². The number of rotatable bonds is 4. The second-order valence-corrected chi connectivity index (χ2v) is 8.42. The highest BCUT2D eigenvalue weighted by Crippen LogP contribution is 2.21. The number of halogens is 1. The van der Waals surface area contributed by atoms with E-state index in [2.05, 4.69) is 31.2 Å². The average molecular weight is 455 g/mol. The van der Waals surface area contributed by atoms with Gasteiger partial charge in [-0.3, -0.25) is 9.59 Å². The monoisotopic (exact) mass is 454 g/mol. The molecule has 1 fully saturated rings. The lowest BCUT2D eigenvalue weighted by Gasteiger charge is -2.17. The molecular formula is C22H23BrN4O2. The second-order valence-electron chi connectivity index (χ2n) is 7.51. The first kappa shape index (κ1) is 19.6. The van der Waals surface area contributed by atoms with Crippen LogP contribution < -0.4 is 5.32 Å². The molecule has 0 radical (unpaired) electrons. The summed E-state index contributed by atoms with van der Waals surface area (Å²) in [6, 6.07) is 10.8. The van der Waals surface area contributed by atoms with Crippen molar-refractivity contribution in [1.82, 2.24) is 20.2 Å². The standard InChI is InChI=1S/C22H23BrN4O2/c1-13-11-15(5-7-17(13)22(29)27-9-3-4-10-27)21(28)24-14(2)20-25-18-8-6-16(23)12-19(18)26-20/h5-8,11-12,14H,3-4,9-10H2,1-2H3,(H,24,28)(H,25,26). The highest BCUT2D eigenvalue weighted by molar-refractivity contribution is 9.10. The second kappa shape index (κ2) is 7.99. The van der Waals surface area contributed by atoms with Crippen LogP contribution in [0.4, 0.5) is 0 Å². The molecule has 4 rings (SSSR count). The molecular weight excluding hydrogens is 432 g/mol. The molecule has 2 aromatic carbocycles. The summed E-state index contributed by atoms with van der Waals surface area (Å²) in [5.41, 5.74) is 3.78. The first-order valence-corrected chi connectivity index (χ1v) is 10.6. The number of H-pyrrole nitrogens is 1. The highest BCUT2D eigenvalue weighted by atomic mass is 79.9. The number of aryl methyl sites for hydroxylation is 1. The fraction of sp³-hybridized carbons (Fsp3) is 0.318. The van der Waals surface area contributed by atoms with Gasteiger partial charge in [0.2, 0.25) is 0 Å². The molecule has 2 N–H and O–H groups in total. The number of hydrogen-bond acceptors (Lipinski definition) is 3. The number of aromatic amines is 1. The van der Waals surface area contributed by atoms with Crippen LogP contribution in [0.3, 0.4) is 0 Å². The van der Waals surface area contributed by atoms with Crippen molar-refractivity contribution in [2.24, 2.45) is 0 Å². The summed E-state index contributed by atoms with van der Waals surface area (Å²) in [5.74, 6) is 0.556. The molecule has 1 unspecified atom stereocenters. The summed E-state index contributed by atoms with van der Waals surface area (Å²) in [4.78, 5) is 35.1. The molecule has 0 aliphatic carbocycles. The van der Waals surface area contributed by atoms with E-state index in [9.17, 15) is 9.59 Å². The third kappa shape index (κ3) is 4.05. The van der Waals surface area contributed by atoms with E-state index in [0.29, 0.717) is 17.0 Å². The Morgan fingerprint density at radius 3 is 2.66 bits per heavy atom. The fourth-order valence-electron chi connectivity index (χ4n) is 3.69. The average Bonchev–Trinajstić information content (AvgIpc) is 3.36. The number of aromatic nitrogens is 2. The summed E-state index contributed by atoms with van der Waals surface area (Å²) < 4.78 is 0.957. The van der Waals surface area contributed by atoms with Crippen molar-refractivity contribution in [3.63, 3.8) is 0 Å². The Bertz CT molecular complexity index is 1090. The molecule has 29 heavy (non-hydrogen) atoms. The maximum atomic E-state index is 12.7. The van der Waals surface area contributed by atoms with Gasteiger partial charge in [-0.25, -0.2) is 4.98 Å². The lowest BCUT2D eigenvalue weighted by atomic mass is 10.0. The highest BCUT2D eigenvalue weighted by Gasteiger charge is 2.22. The topological polar surface area (TPSA) is 78.1 Å². The van der Waals surface area contributed by atoms with Gasteiger partial charge in [-0.15, -0.1) is 0 Å². The lowest BCUT2D eigenvalue weighted by molar-refractivity contribution is 0.0791. The predicted octanol–water partition coefficient (Wildman–Crippen LogP) is 4.36. The van der Waals surface area contributed by atoms with E-state index in [1.807, 2.05) is 36.9 Å². The molecule has 0 saturated carbocycles. The minimum Gasteiger partial charge on any atom is -0.342 e. The quantitative estimate of drug-likeness (QED) is 0.614. The third-order valence-electron chi connectivity index (χ3n) is 5.33. The van der Waals surface area contributed by atoms with Gasteiger partial charge in [0.1, 0.15) is 5.82 Å². The van der Waals surface area contributed by atoms with Gasteiger partial charge < -0.3 is 15.2 Å². The number of amides is 2. The maximum absolute atomic E-state index is 12.7. The van der Waals surface area contributed by atoms with Crippen molar-refractivity contribution in [1.29, 1.82) is 0 Å². The van der Waals surface area contributed by atoms with E-state index >= 15 is 0 Å². The summed E-state index contributed by atoms with van der Waals surface area (Å²) in [5, 5.41) is 2.98. The molecule has 7 heteroatoms. The van der Waals surface area contributed by atoms with Crippen LogP contribution in [0.2, 0.25) is 0 Å². The van der Waals surface area contributed by atoms with Gasteiger partial charge >= 0.3 is 0 Å². The van der Waals surface area contributed by atoms with Gasteiger partial charge in [0.15, 0.2) is 0 Å². The first-order valence-electron chi connectivity index (χ1n) is 9.78. The van der Waals surface area contributed by atoms with E-state index in [0.717, 1.165) is 47.0 Å². The number of benzene rings is 2. The van der Waals surface area contributed by atoms with Crippen molar-refractivity contribution in [2.75, 3.05) is 13.1 Å². The van der Waals surface area contributed by atoms with Gasteiger partial charge in [0, 0.05) is 28.7 Å². The molecule has 1 aromatic heterocycles. The van der Waals surface area contributed by atoms with Crippen LogP contribution in [-0.2, 0) is 0 Å². The molecule has 1 saturated heterocycles. The summed E-state index contributed by atoms with van der Waals surface area (Å²) in [6.07, 6.45) is 2.11. The minimum absolute atomic E-state index is 0.0498. The summed E-state index contributed by atoms with van der Waals surface area (Å²) >= 11 is 3.44. The predicted molar refractivity (Wildman–Crippen MR) is 116 cm³/mol. The van der Waals surface area contributed by atoms with Crippen LogP contribution in [0.5, 0.6) is 0 Å². The molecule has 1 aliphatic rings. The van der Waals surface area contributed by atoms with E-state index in [1.165, 1.54) is 0 Å². The van der Waals surface area contributed by atoms with E-state index < -0.39 is 0 Å². The summed E-state index contributed by atoms with van der Waals surface area (Å²) in [6.45, 7) is 5.39. The Balaban J connectivity index is 1.48. The Kier molecular flexibility index (Phi) is 5.41. The maximum Gasteiger partial charge on any atom is 0.254 e. The molecule has 3 aromatic rings. The first-order chi connectivity index (χ1) is 13.9. The van der Waals surface area contributed by atoms with Gasteiger partial charge in [-0.1, -0.05) is 15.9 Å². The van der Waals surface area contributed by atoms with Gasteiger partial charge in [0.25, 0.3) is 11.8 Å². The zero-order chi connectivity index (χ0) is 20.5. The molecule has 6 nitrogen and oxygen atoms in total. The SMILES string of the molecule is Cc1cc(C(=O)NC(C)c2nc3cc(Br)ccc3[nH]2)ccc1C(=O)N1CCCC1. The molecule has 2 heterocycles.